The topological polar surface area (TPSA) is 29.3 Å². The van der Waals surface area contributed by atoms with Crippen LogP contribution in [-0.2, 0) is 0 Å². The zero-order chi connectivity index (χ0) is 7.59. The number of likely N-dealkylation sites (N-methyl/N-ethyl adjacent to an activating group) is 1. The summed E-state index contributed by atoms with van der Waals surface area (Å²) >= 11 is 0. The molecule has 1 heterocycles. The lowest BCUT2D eigenvalue weighted by atomic mass is 9.50. The minimum atomic E-state index is 0.527. The van der Waals surface area contributed by atoms with Crippen LogP contribution in [0, 0.1) is 17.8 Å². The van der Waals surface area contributed by atoms with Gasteiger partial charge in [-0.3, -0.25) is 4.90 Å². The van der Waals surface area contributed by atoms with Gasteiger partial charge in [-0.05, 0) is 30.7 Å². The highest BCUT2D eigenvalue weighted by Crippen LogP contribution is 2.59. The molecular weight excluding hydrogens is 136 g/mol. The van der Waals surface area contributed by atoms with Crippen molar-refractivity contribution in [2.24, 2.45) is 23.5 Å². The lowest BCUT2D eigenvalue weighted by molar-refractivity contribution is -0.0478. The SMILES string of the molecule is CCN1C[C@H]2CC3[C@H]2[C@H]1[C@H]3N. The molecule has 0 aromatic carbocycles. The van der Waals surface area contributed by atoms with Gasteiger partial charge in [0.15, 0.2) is 0 Å². The summed E-state index contributed by atoms with van der Waals surface area (Å²) in [4.78, 5) is 2.59. The van der Waals surface area contributed by atoms with E-state index in [1.807, 2.05) is 0 Å². The van der Waals surface area contributed by atoms with Crippen LogP contribution >= 0.6 is 0 Å². The van der Waals surface area contributed by atoms with Crippen molar-refractivity contribution < 1.29 is 0 Å². The molecule has 0 spiro atoms. The van der Waals surface area contributed by atoms with E-state index in [4.69, 9.17) is 5.73 Å². The number of rotatable bonds is 1. The standard InChI is InChI=1S/C9H16N2/c1-2-11-4-5-3-6-7(5)9(11)8(6)10/h5-9H,2-4,10H2,1H3/t5-,6?,7+,8+,9+/m1/s1. The van der Waals surface area contributed by atoms with E-state index in [1.165, 1.54) is 19.5 Å². The maximum atomic E-state index is 6.07. The van der Waals surface area contributed by atoms with Gasteiger partial charge < -0.3 is 5.73 Å². The van der Waals surface area contributed by atoms with Gasteiger partial charge in [0, 0.05) is 18.6 Å². The highest BCUT2D eigenvalue weighted by Gasteiger charge is 2.64. The van der Waals surface area contributed by atoms with Crippen molar-refractivity contribution in [3.05, 3.63) is 0 Å². The molecule has 2 N–H and O–H groups in total. The lowest BCUT2D eigenvalue weighted by Gasteiger charge is -2.58. The van der Waals surface area contributed by atoms with Crippen LogP contribution in [-0.4, -0.2) is 30.1 Å². The van der Waals surface area contributed by atoms with Crippen LogP contribution in [0.2, 0.25) is 0 Å². The third-order valence-corrected chi connectivity index (χ3v) is 4.19. The first kappa shape index (κ1) is 6.44. The molecule has 1 saturated heterocycles. The largest absolute Gasteiger partial charge is 0.326 e. The number of hydrogen-bond acceptors (Lipinski definition) is 2. The summed E-state index contributed by atoms with van der Waals surface area (Å²) in [5.41, 5.74) is 6.07. The number of hydrogen-bond donors (Lipinski definition) is 1. The third kappa shape index (κ3) is 0.541. The van der Waals surface area contributed by atoms with Crippen molar-refractivity contribution >= 4 is 0 Å². The van der Waals surface area contributed by atoms with E-state index in [0.717, 1.165) is 23.8 Å². The highest BCUT2D eigenvalue weighted by molar-refractivity contribution is 5.19. The fraction of sp³-hybridized carbons (Fsp3) is 1.00. The molecule has 2 aliphatic carbocycles. The number of nitrogens with zero attached hydrogens (tertiary/aromatic N) is 1. The number of nitrogens with two attached hydrogens (primary N) is 1. The molecule has 2 nitrogen and oxygen atoms in total. The van der Waals surface area contributed by atoms with Crippen molar-refractivity contribution in [2.75, 3.05) is 13.1 Å². The molecule has 11 heavy (non-hydrogen) atoms. The van der Waals surface area contributed by atoms with E-state index in [-0.39, 0.29) is 0 Å². The molecule has 0 bridgehead atoms. The molecule has 0 aromatic heterocycles. The Hall–Kier alpha value is -0.0800. The fourth-order valence-corrected chi connectivity index (χ4v) is 3.57. The maximum absolute atomic E-state index is 6.07. The molecule has 0 radical (unpaired) electrons. The average molecular weight is 152 g/mol. The molecule has 1 aliphatic heterocycles. The molecule has 1 unspecified atom stereocenters. The molecule has 5 atom stereocenters. The first-order valence-electron chi connectivity index (χ1n) is 4.82. The molecule has 3 fully saturated rings. The number of likely N-dealkylation sites (tertiary alicyclic amines) is 1. The van der Waals surface area contributed by atoms with E-state index in [9.17, 15) is 0 Å². The van der Waals surface area contributed by atoms with Gasteiger partial charge in [-0.1, -0.05) is 6.92 Å². The van der Waals surface area contributed by atoms with Gasteiger partial charge >= 0.3 is 0 Å². The van der Waals surface area contributed by atoms with Gasteiger partial charge in [0.05, 0.1) is 0 Å². The molecule has 3 aliphatic rings. The Labute approximate surface area is 67.7 Å². The van der Waals surface area contributed by atoms with Gasteiger partial charge in [0.25, 0.3) is 0 Å². The Morgan fingerprint density at radius 2 is 2.36 bits per heavy atom. The first-order valence-corrected chi connectivity index (χ1v) is 4.82. The second-order valence-corrected chi connectivity index (χ2v) is 4.39. The van der Waals surface area contributed by atoms with Crippen LogP contribution in [0.5, 0.6) is 0 Å². The summed E-state index contributed by atoms with van der Waals surface area (Å²) in [5.74, 6) is 2.97. The summed E-state index contributed by atoms with van der Waals surface area (Å²) in [7, 11) is 0. The van der Waals surface area contributed by atoms with Gasteiger partial charge in [-0.2, -0.15) is 0 Å². The second kappa shape index (κ2) is 1.80. The Morgan fingerprint density at radius 3 is 3.09 bits per heavy atom. The summed E-state index contributed by atoms with van der Waals surface area (Å²) in [5, 5.41) is 0. The van der Waals surface area contributed by atoms with Crippen molar-refractivity contribution in [3.63, 3.8) is 0 Å². The van der Waals surface area contributed by atoms with E-state index in [0.29, 0.717) is 6.04 Å². The molecule has 62 valence electrons. The Balaban J connectivity index is 1.85. The Morgan fingerprint density at radius 1 is 1.55 bits per heavy atom. The van der Waals surface area contributed by atoms with Gasteiger partial charge in [-0.25, -0.2) is 0 Å². The van der Waals surface area contributed by atoms with E-state index >= 15 is 0 Å². The van der Waals surface area contributed by atoms with E-state index in [2.05, 4.69) is 11.8 Å². The predicted molar refractivity (Wildman–Crippen MR) is 44.1 cm³/mol. The predicted octanol–water partition coefficient (Wildman–Crippen LogP) is 0.284. The van der Waals surface area contributed by atoms with E-state index in [1.54, 1.807) is 0 Å². The molecular formula is C9H16N2. The molecule has 0 amide bonds. The summed E-state index contributed by atoms with van der Waals surface area (Å²) in [6, 6.07) is 1.31. The molecule has 0 aromatic rings. The zero-order valence-corrected chi connectivity index (χ0v) is 7.03. The first-order chi connectivity index (χ1) is 5.33. The summed E-state index contributed by atoms with van der Waals surface area (Å²) in [6.07, 6.45) is 1.43. The van der Waals surface area contributed by atoms with Crippen molar-refractivity contribution in [1.29, 1.82) is 0 Å². The zero-order valence-electron chi connectivity index (χ0n) is 7.03. The van der Waals surface area contributed by atoms with Gasteiger partial charge in [-0.15, -0.1) is 0 Å². The van der Waals surface area contributed by atoms with Gasteiger partial charge in [0.1, 0.15) is 0 Å². The second-order valence-electron chi connectivity index (χ2n) is 4.39. The van der Waals surface area contributed by atoms with Crippen LogP contribution in [0.15, 0.2) is 0 Å². The quantitative estimate of drug-likeness (QED) is 0.585. The summed E-state index contributed by atoms with van der Waals surface area (Å²) in [6.45, 7) is 4.80. The maximum Gasteiger partial charge on any atom is 0.0284 e. The summed E-state index contributed by atoms with van der Waals surface area (Å²) < 4.78 is 0. The molecule has 2 saturated carbocycles. The van der Waals surface area contributed by atoms with Crippen LogP contribution in [0.25, 0.3) is 0 Å². The minimum Gasteiger partial charge on any atom is -0.326 e. The molecule has 2 heteroatoms. The minimum absolute atomic E-state index is 0.527. The van der Waals surface area contributed by atoms with Crippen molar-refractivity contribution in [3.8, 4) is 0 Å². The van der Waals surface area contributed by atoms with Crippen LogP contribution in [0.1, 0.15) is 13.3 Å². The van der Waals surface area contributed by atoms with Gasteiger partial charge in [0.2, 0.25) is 0 Å². The van der Waals surface area contributed by atoms with E-state index < -0.39 is 0 Å². The Bertz CT molecular complexity index is 192. The normalized spacial score (nSPS) is 60.0. The molecule has 3 rings (SSSR count). The average Bonchev–Trinajstić information content (AvgIpc) is 2.10. The van der Waals surface area contributed by atoms with Crippen LogP contribution in [0.4, 0.5) is 0 Å². The smallest absolute Gasteiger partial charge is 0.0284 e. The van der Waals surface area contributed by atoms with Crippen molar-refractivity contribution in [1.82, 2.24) is 4.90 Å². The third-order valence-electron chi connectivity index (χ3n) is 4.19. The van der Waals surface area contributed by atoms with Crippen LogP contribution < -0.4 is 5.73 Å². The monoisotopic (exact) mass is 152 g/mol. The lowest BCUT2D eigenvalue weighted by Crippen LogP contribution is -2.68. The Kier molecular flexibility index (Phi) is 1.06. The van der Waals surface area contributed by atoms with Crippen molar-refractivity contribution in [2.45, 2.75) is 25.4 Å². The van der Waals surface area contributed by atoms with Crippen LogP contribution in [0.3, 0.4) is 0 Å². The highest BCUT2D eigenvalue weighted by atomic mass is 15.2. The fourth-order valence-electron chi connectivity index (χ4n) is 3.57.